The fourth-order valence-electron chi connectivity index (χ4n) is 2.02. The summed E-state index contributed by atoms with van der Waals surface area (Å²) in [4.78, 5) is 17.0. The third-order valence-electron chi connectivity index (χ3n) is 3.07. The summed E-state index contributed by atoms with van der Waals surface area (Å²) in [7, 11) is 0. The van der Waals surface area contributed by atoms with Gasteiger partial charge in [0.05, 0.1) is 10.6 Å². The van der Waals surface area contributed by atoms with Gasteiger partial charge in [0.1, 0.15) is 5.75 Å². The third kappa shape index (κ3) is 3.38. The lowest BCUT2D eigenvalue weighted by molar-refractivity contribution is -0.115. The van der Waals surface area contributed by atoms with E-state index in [-0.39, 0.29) is 11.7 Å². The van der Waals surface area contributed by atoms with Gasteiger partial charge in [-0.1, -0.05) is 24.3 Å². The van der Waals surface area contributed by atoms with Gasteiger partial charge in [-0.2, -0.15) is 0 Å². The summed E-state index contributed by atoms with van der Waals surface area (Å²) in [6.45, 7) is 2.00. The number of nitrogens with one attached hydrogen (secondary N) is 1. The molecule has 110 valence electrons. The van der Waals surface area contributed by atoms with Gasteiger partial charge in [0, 0.05) is 0 Å². The highest BCUT2D eigenvalue weighted by Crippen LogP contribution is 2.28. The molecule has 1 heterocycles. The standard InChI is InChI=1S/C17H14N2O2S/c1-11-3-2-4-13(9-11)18-17-19-16(21)15(22-17)10-12-5-7-14(20)8-6-12/h2-10,20H,1H3,(H,18,19,21). The average molecular weight is 310 g/mol. The van der Waals surface area contributed by atoms with Crippen LogP contribution in [0, 0.1) is 6.92 Å². The van der Waals surface area contributed by atoms with Crippen molar-refractivity contribution < 1.29 is 9.90 Å². The van der Waals surface area contributed by atoms with Crippen LogP contribution in [-0.4, -0.2) is 16.2 Å². The minimum absolute atomic E-state index is 0.163. The number of carbonyl (C=O) groups excluding carboxylic acids is 1. The fraction of sp³-hybridized carbons (Fsp3) is 0.0588. The Hall–Kier alpha value is -2.53. The molecular weight excluding hydrogens is 296 g/mol. The quantitative estimate of drug-likeness (QED) is 0.833. The number of amidine groups is 1. The number of carbonyl (C=O) groups is 1. The number of aliphatic imine (C=N–C) groups is 1. The minimum atomic E-state index is -0.163. The molecule has 0 bridgehead atoms. The molecule has 0 aliphatic carbocycles. The second-order valence-corrected chi connectivity index (χ2v) is 5.94. The maximum absolute atomic E-state index is 12.0. The van der Waals surface area contributed by atoms with Crippen molar-refractivity contribution in [3.05, 3.63) is 64.6 Å². The van der Waals surface area contributed by atoms with Gasteiger partial charge in [-0.25, -0.2) is 4.99 Å². The predicted octanol–water partition coefficient (Wildman–Crippen LogP) is 3.59. The van der Waals surface area contributed by atoms with Crippen molar-refractivity contribution in [2.24, 2.45) is 4.99 Å². The van der Waals surface area contributed by atoms with E-state index in [0.717, 1.165) is 16.8 Å². The number of phenols is 1. The Morgan fingerprint density at radius 1 is 1.18 bits per heavy atom. The lowest BCUT2D eigenvalue weighted by atomic mass is 10.2. The van der Waals surface area contributed by atoms with Crippen LogP contribution >= 0.6 is 11.8 Å². The van der Waals surface area contributed by atoms with E-state index in [1.807, 2.05) is 31.2 Å². The summed E-state index contributed by atoms with van der Waals surface area (Å²) in [5, 5.41) is 12.6. The fourth-order valence-corrected chi connectivity index (χ4v) is 2.86. The van der Waals surface area contributed by atoms with Gasteiger partial charge in [0.25, 0.3) is 5.91 Å². The monoisotopic (exact) mass is 310 g/mol. The molecule has 3 rings (SSSR count). The molecule has 0 saturated carbocycles. The van der Waals surface area contributed by atoms with Gasteiger partial charge in [-0.3, -0.25) is 4.79 Å². The van der Waals surface area contributed by atoms with Crippen LogP contribution in [0.4, 0.5) is 5.69 Å². The molecule has 0 unspecified atom stereocenters. The smallest absolute Gasteiger partial charge is 0.264 e. The normalized spacial score (nSPS) is 18.0. The van der Waals surface area contributed by atoms with Crippen LogP contribution in [0.5, 0.6) is 5.75 Å². The molecule has 2 aromatic rings. The Morgan fingerprint density at radius 3 is 2.68 bits per heavy atom. The van der Waals surface area contributed by atoms with Crippen molar-refractivity contribution in [1.29, 1.82) is 0 Å². The van der Waals surface area contributed by atoms with E-state index in [1.165, 1.54) is 11.8 Å². The van der Waals surface area contributed by atoms with Gasteiger partial charge in [-0.05, 0) is 60.2 Å². The molecule has 2 aromatic carbocycles. The molecule has 2 N–H and O–H groups in total. The van der Waals surface area contributed by atoms with Crippen LogP contribution in [0.3, 0.4) is 0 Å². The number of nitrogens with zero attached hydrogens (tertiary/aromatic N) is 1. The Morgan fingerprint density at radius 2 is 1.95 bits per heavy atom. The summed E-state index contributed by atoms with van der Waals surface area (Å²) < 4.78 is 0. The van der Waals surface area contributed by atoms with E-state index in [1.54, 1.807) is 30.3 Å². The number of aryl methyl sites for hydroxylation is 1. The molecule has 1 aliphatic rings. The number of thioether (sulfide) groups is 1. The molecule has 1 aliphatic heterocycles. The van der Waals surface area contributed by atoms with E-state index in [0.29, 0.717) is 10.1 Å². The van der Waals surface area contributed by atoms with Gasteiger partial charge in [0.15, 0.2) is 5.17 Å². The van der Waals surface area contributed by atoms with E-state index >= 15 is 0 Å². The van der Waals surface area contributed by atoms with Crippen molar-refractivity contribution in [3.8, 4) is 5.75 Å². The minimum Gasteiger partial charge on any atom is -0.508 e. The first kappa shape index (κ1) is 14.4. The van der Waals surface area contributed by atoms with Crippen LogP contribution in [0.15, 0.2) is 58.4 Å². The molecule has 0 spiro atoms. The highest BCUT2D eigenvalue weighted by atomic mass is 32.2. The third-order valence-corrected chi connectivity index (χ3v) is 3.98. The van der Waals surface area contributed by atoms with Gasteiger partial charge < -0.3 is 10.4 Å². The Labute approximate surface area is 132 Å². The summed E-state index contributed by atoms with van der Waals surface area (Å²) in [6.07, 6.45) is 1.78. The first-order valence-corrected chi connectivity index (χ1v) is 7.57. The van der Waals surface area contributed by atoms with Crippen molar-refractivity contribution in [3.63, 3.8) is 0 Å². The summed E-state index contributed by atoms with van der Waals surface area (Å²) >= 11 is 1.31. The Bertz CT molecular complexity index is 780. The number of hydrogen-bond acceptors (Lipinski definition) is 4. The lowest BCUT2D eigenvalue weighted by Crippen LogP contribution is -2.19. The highest BCUT2D eigenvalue weighted by Gasteiger charge is 2.23. The van der Waals surface area contributed by atoms with Crippen molar-refractivity contribution in [1.82, 2.24) is 5.32 Å². The second kappa shape index (κ2) is 6.07. The van der Waals surface area contributed by atoms with Crippen molar-refractivity contribution >= 4 is 34.6 Å². The molecule has 1 amide bonds. The maximum atomic E-state index is 12.0. The van der Waals surface area contributed by atoms with E-state index in [9.17, 15) is 9.90 Å². The van der Waals surface area contributed by atoms with Gasteiger partial charge in [0.2, 0.25) is 0 Å². The molecule has 1 fully saturated rings. The Balaban J connectivity index is 1.82. The number of rotatable bonds is 2. The second-order valence-electron chi connectivity index (χ2n) is 4.91. The molecule has 0 atom stereocenters. The molecule has 5 heteroatoms. The van der Waals surface area contributed by atoms with Gasteiger partial charge in [-0.15, -0.1) is 0 Å². The van der Waals surface area contributed by atoms with Gasteiger partial charge >= 0.3 is 0 Å². The number of phenolic OH excluding ortho intramolecular Hbond substituents is 1. The summed E-state index contributed by atoms with van der Waals surface area (Å²) in [5.41, 5.74) is 2.79. The Kier molecular flexibility index (Phi) is 3.98. The van der Waals surface area contributed by atoms with Crippen molar-refractivity contribution in [2.45, 2.75) is 6.92 Å². The van der Waals surface area contributed by atoms with Crippen LogP contribution in [0.2, 0.25) is 0 Å². The molecule has 0 aromatic heterocycles. The first-order valence-electron chi connectivity index (χ1n) is 6.75. The molecule has 1 saturated heterocycles. The SMILES string of the molecule is Cc1cccc(N=C2NC(=O)C(=Cc3ccc(O)cc3)S2)c1. The maximum Gasteiger partial charge on any atom is 0.264 e. The zero-order valence-corrected chi connectivity index (χ0v) is 12.7. The van der Waals surface area contributed by atoms with Crippen LogP contribution in [0.1, 0.15) is 11.1 Å². The largest absolute Gasteiger partial charge is 0.508 e. The molecule has 4 nitrogen and oxygen atoms in total. The lowest BCUT2D eigenvalue weighted by Gasteiger charge is -1.97. The zero-order chi connectivity index (χ0) is 15.5. The summed E-state index contributed by atoms with van der Waals surface area (Å²) in [5.74, 6) is 0.0388. The predicted molar refractivity (Wildman–Crippen MR) is 90.1 cm³/mol. The molecule has 0 radical (unpaired) electrons. The zero-order valence-electron chi connectivity index (χ0n) is 11.9. The number of aromatic hydroxyl groups is 1. The molecular formula is C17H14N2O2S. The van der Waals surface area contributed by atoms with E-state index in [2.05, 4.69) is 10.3 Å². The number of hydrogen-bond donors (Lipinski definition) is 2. The molecule has 22 heavy (non-hydrogen) atoms. The van der Waals surface area contributed by atoms with E-state index in [4.69, 9.17) is 0 Å². The number of amides is 1. The van der Waals surface area contributed by atoms with Crippen LogP contribution in [-0.2, 0) is 4.79 Å². The topological polar surface area (TPSA) is 61.7 Å². The average Bonchev–Trinajstić information content (AvgIpc) is 2.81. The van der Waals surface area contributed by atoms with Crippen LogP contribution in [0.25, 0.3) is 6.08 Å². The van der Waals surface area contributed by atoms with Crippen LogP contribution < -0.4 is 5.32 Å². The summed E-state index contributed by atoms with van der Waals surface area (Å²) in [6, 6.07) is 14.5. The van der Waals surface area contributed by atoms with E-state index < -0.39 is 0 Å². The van der Waals surface area contributed by atoms with Crippen molar-refractivity contribution in [2.75, 3.05) is 0 Å². The number of benzene rings is 2. The first-order chi connectivity index (χ1) is 10.6. The highest BCUT2D eigenvalue weighted by molar-refractivity contribution is 8.18.